The Morgan fingerprint density at radius 1 is 1.13 bits per heavy atom. The van der Waals surface area contributed by atoms with Gasteiger partial charge in [-0.3, -0.25) is 19.3 Å². The average Bonchev–Trinajstić information content (AvgIpc) is 3.69. The van der Waals surface area contributed by atoms with Crippen molar-refractivity contribution in [1.82, 2.24) is 4.90 Å². The van der Waals surface area contributed by atoms with Crippen LogP contribution in [0.15, 0.2) is 46.9 Å². The molecule has 0 unspecified atom stereocenters. The second-order valence-electron chi connectivity index (χ2n) is 11.7. The van der Waals surface area contributed by atoms with Gasteiger partial charge < -0.3 is 25.7 Å². The van der Waals surface area contributed by atoms with Crippen molar-refractivity contribution >= 4 is 33.8 Å². The molecule has 0 radical (unpaired) electrons. The molecule has 39 heavy (non-hydrogen) atoms. The molecule has 0 spiro atoms. The number of rotatable bonds is 5. The molecule has 1 saturated carbocycles. The number of allylic oxidation sites excluding steroid dienone is 1. The number of ketones is 3. The zero-order valence-corrected chi connectivity index (χ0v) is 22.1. The number of hydrogen-bond donors (Lipinski definition) is 5. The van der Waals surface area contributed by atoms with Gasteiger partial charge in [-0.1, -0.05) is 12.1 Å². The van der Waals surface area contributed by atoms with Crippen molar-refractivity contribution in [3.8, 4) is 5.75 Å². The summed E-state index contributed by atoms with van der Waals surface area (Å²) >= 11 is 0. The van der Waals surface area contributed by atoms with E-state index < -0.39 is 57.9 Å². The summed E-state index contributed by atoms with van der Waals surface area (Å²) in [6.07, 6.45) is 2.79. The highest BCUT2D eigenvalue weighted by atomic mass is 16.3. The molecule has 2 aromatic carbocycles. The van der Waals surface area contributed by atoms with Crippen LogP contribution in [0.25, 0.3) is 10.8 Å². The number of carbonyl (C=O) groups excluding carboxylic acids is 3. The second-order valence-corrected chi connectivity index (χ2v) is 11.7. The van der Waals surface area contributed by atoms with Crippen LogP contribution in [0.2, 0.25) is 0 Å². The maximum absolute atomic E-state index is 13.9. The van der Waals surface area contributed by atoms with Gasteiger partial charge in [0, 0.05) is 29.1 Å². The number of phenols is 1. The number of benzene rings is 2. The molecule has 0 aliphatic heterocycles. The van der Waals surface area contributed by atoms with Gasteiger partial charge in [-0.05, 0) is 81.6 Å². The molecule has 0 aromatic heterocycles. The van der Waals surface area contributed by atoms with Crippen molar-refractivity contribution in [3.63, 3.8) is 0 Å². The molecule has 6 rings (SSSR count). The van der Waals surface area contributed by atoms with Crippen LogP contribution in [-0.4, -0.2) is 75.0 Å². The number of hydrogen-bond acceptors (Lipinski definition) is 9. The Hall–Kier alpha value is -3.69. The van der Waals surface area contributed by atoms with E-state index in [1.807, 2.05) is 18.2 Å². The minimum absolute atomic E-state index is 0.0410. The number of phenolic OH excluding ortho intramolecular Hbond substituents is 1. The van der Waals surface area contributed by atoms with Crippen molar-refractivity contribution in [3.05, 3.63) is 58.1 Å². The molecule has 9 nitrogen and oxygen atoms in total. The van der Waals surface area contributed by atoms with E-state index in [4.69, 9.17) is 0 Å². The molecule has 0 amide bonds. The number of carbonyl (C=O) groups is 3. The van der Waals surface area contributed by atoms with Crippen molar-refractivity contribution in [2.24, 2.45) is 17.8 Å². The van der Waals surface area contributed by atoms with E-state index >= 15 is 0 Å². The number of Topliss-reactive ketones (excluding diaryl/α,β-unsaturated/α-hetero) is 3. The topological polar surface area (TPSA) is 147 Å². The summed E-state index contributed by atoms with van der Waals surface area (Å²) in [5.41, 5.74) is -1.79. The quantitative estimate of drug-likeness (QED) is 0.366. The van der Waals surface area contributed by atoms with Gasteiger partial charge in [-0.25, -0.2) is 0 Å². The molecule has 1 fully saturated rings. The third kappa shape index (κ3) is 3.63. The maximum atomic E-state index is 13.9. The number of fused-ring (bicyclic) bond motifs is 4. The molecule has 9 heteroatoms. The van der Waals surface area contributed by atoms with Crippen LogP contribution in [0.1, 0.15) is 42.1 Å². The number of likely N-dealkylation sites (N-methyl/N-ethyl adjacent to an activating group) is 1. The first-order chi connectivity index (χ1) is 18.4. The molecule has 0 bridgehead atoms. The van der Waals surface area contributed by atoms with Gasteiger partial charge in [0.1, 0.15) is 22.8 Å². The summed E-state index contributed by atoms with van der Waals surface area (Å²) in [6.45, 7) is 1.95. The van der Waals surface area contributed by atoms with Gasteiger partial charge >= 0.3 is 0 Å². The number of anilines is 1. The zero-order valence-electron chi connectivity index (χ0n) is 22.1. The largest absolute Gasteiger partial charge is 0.510 e. The number of nitrogens with one attached hydrogen (secondary N) is 1. The Bertz CT molecular complexity index is 1530. The Morgan fingerprint density at radius 3 is 2.49 bits per heavy atom. The predicted molar refractivity (Wildman–Crippen MR) is 144 cm³/mol. The lowest BCUT2D eigenvalue weighted by Gasteiger charge is -2.50. The molecule has 4 aliphatic carbocycles. The lowest BCUT2D eigenvalue weighted by molar-refractivity contribution is -0.148. The lowest BCUT2D eigenvalue weighted by Crippen LogP contribution is -2.63. The first-order valence-corrected chi connectivity index (χ1v) is 13.3. The third-order valence-corrected chi connectivity index (χ3v) is 8.92. The highest BCUT2D eigenvalue weighted by molar-refractivity contribution is 6.25. The van der Waals surface area contributed by atoms with Crippen LogP contribution < -0.4 is 5.32 Å². The zero-order chi connectivity index (χ0) is 28.0. The summed E-state index contributed by atoms with van der Waals surface area (Å²) in [4.78, 5) is 41.3. The van der Waals surface area contributed by atoms with Crippen molar-refractivity contribution < 1.29 is 34.8 Å². The number of aliphatic hydroxyl groups is 3. The summed E-state index contributed by atoms with van der Waals surface area (Å²) < 4.78 is 0. The van der Waals surface area contributed by atoms with Crippen molar-refractivity contribution in [2.75, 3.05) is 26.0 Å². The summed E-state index contributed by atoms with van der Waals surface area (Å²) in [5, 5.41) is 50.1. The highest BCUT2D eigenvalue weighted by Crippen LogP contribution is 2.53. The smallest absolute Gasteiger partial charge is 0.209 e. The molecule has 4 atom stereocenters. The van der Waals surface area contributed by atoms with Gasteiger partial charge in [0.15, 0.2) is 17.2 Å². The maximum Gasteiger partial charge on any atom is 0.209 e. The molecule has 0 heterocycles. The van der Waals surface area contributed by atoms with Crippen LogP contribution in [0.5, 0.6) is 5.75 Å². The summed E-state index contributed by atoms with van der Waals surface area (Å²) in [7, 11) is 3.29. The second kappa shape index (κ2) is 8.66. The first-order valence-electron chi connectivity index (χ1n) is 13.3. The molecular formula is C30H32N2O7. The first kappa shape index (κ1) is 25.6. The van der Waals surface area contributed by atoms with E-state index in [9.17, 15) is 34.8 Å². The fraction of sp³-hybridized carbons (Fsp3) is 0.433. The molecule has 5 N–H and O–H groups in total. The fourth-order valence-corrected chi connectivity index (χ4v) is 6.81. The van der Waals surface area contributed by atoms with Crippen LogP contribution >= 0.6 is 0 Å². The summed E-state index contributed by atoms with van der Waals surface area (Å²) in [6, 6.07) is 6.56. The van der Waals surface area contributed by atoms with E-state index in [1.165, 1.54) is 12.8 Å². The summed E-state index contributed by atoms with van der Waals surface area (Å²) in [5.74, 6) is -4.88. The van der Waals surface area contributed by atoms with E-state index in [-0.39, 0.29) is 29.7 Å². The standard InChI is InChI=1S/C30H32N2O7/c1-13(33)21-27(36)24(32(2)3)20-10-17-9-16-8-15-6-7-18(31-12-14-4-5-14)11-19(15)25(34)22(16)26(35)23(17)29(38)30(20,39)28(21)37/h6-8,11,14,17,20,24,31,34,36,38-39H,4-5,9-10,12H2,1-3H3/t17-,20-,24-,30+/m0/s1. The van der Waals surface area contributed by atoms with Crippen LogP contribution in [0.3, 0.4) is 0 Å². The Morgan fingerprint density at radius 2 is 1.85 bits per heavy atom. The molecule has 0 saturated heterocycles. The average molecular weight is 533 g/mol. The molecule has 4 aliphatic rings. The molecular weight excluding hydrogens is 500 g/mol. The van der Waals surface area contributed by atoms with Gasteiger partial charge in [-0.15, -0.1) is 0 Å². The van der Waals surface area contributed by atoms with Gasteiger partial charge in [0.05, 0.1) is 11.6 Å². The van der Waals surface area contributed by atoms with E-state index in [2.05, 4.69) is 5.32 Å². The normalized spacial score (nSPS) is 28.5. The number of aliphatic hydroxyl groups excluding tert-OH is 2. The van der Waals surface area contributed by atoms with E-state index in [0.29, 0.717) is 16.9 Å². The van der Waals surface area contributed by atoms with Crippen molar-refractivity contribution in [1.29, 1.82) is 0 Å². The minimum atomic E-state index is -2.56. The lowest BCUT2D eigenvalue weighted by atomic mass is 9.58. The number of aromatic hydroxyl groups is 1. The Labute approximate surface area is 225 Å². The third-order valence-electron chi connectivity index (χ3n) is 8.92. The van der Waals surface area contributed by atoms with Crippen LogP contribution in [0.4, 0.5) is 5.69 Å². The van der Waals surface area contributed by atoms with Crippen LogP contribution in [-0.2, 0) is 16.0 Å². The fourth-order valence-electron chi connectivity index (χ4n) is 6.81. The highest BCUT2D eigenvalue weighted by Gasteiger charge is 2.63. The monoisotopic (exact) mass is 532 g/mol. The molecule has 2 aromatic rings. The van der Waals surface area contributed by atoms with E-state index in [0.717, 1.165) is 24.5 Å². The van der Waals surface area contributed by atoms with Gasteiger partial charge in [0.2, 0.25) is 5.78 Å². The Balaban J connectivity index is 1.48. The molecule has 204 valence electrons. The minimum Gasteiger partial charge on any atom is -0.510 e. The van der Waals surface area contributed by atoms with Gasteiger partial charge in [0.25, 0.3) is 0 Å². The number of nitrogens with zero attached hydrogens (tertiary/aromatic N) is 1. The van der Waals surface area contributed by atoms with E-state index in [1.54, 1.807) is 25.1 Å². The Kier molecular flexibility index (Phi) is 5.68. The SMILES string of the molecule is CC(=O)C1=C(O)[C@@H](N(C)C)[C@@H]2C[C@@H]3Cc4cc5ccc(NCC6CC6)cc5c(O)c4C(=O)C3=C(O)[C@]2(O)C1=O. The van der Waals surface area contributed by atoms with Gasteiger partial charge in [-0.2, -0.15) is 0 Å². The van der Waals surface area contributed by atoms with Crippen molar-refractivity contribution in [2.45, 2.75) is 44.2 Å². The van der Waals surface area contributed by atoms with Crippen LogP contribution in [0, 0.1) is 17.8 Å². The predicted octanol–water partition coefficient (Wildman–Crippen LogP) is 3.20.